The van der Waals surface area contributed by atoms with Crippen molar-refractivity contribution in [3.8, 4) is 0 Å². The predicted octanol–water partition coefficient (Wildman–Crippen LogP) is 3.13. The molecule has 26 heavy (non-hydrogen) atoms. The Balaban J connectivity index is 1.64. The van der Waals surface area contributed by atoms with E-state index in [2.05, 4.69) is 5.10 Å². The Morgan fingerprint density at radius 3 is 2.35 bits per heavy atom. The fraction of sp³-hybridized carbons (Fsp3) is 0.222. The molecule has 8 heteroatoms. The number of hydroxylamine groups is 2. The van der Waals surface area contributed by atoms with E-state index in [-0.39, 0.29) is 17.0 Å². The van der Waals surface area contributed by atoms with Crippen molar-refractivity contribution in [3.05, 3.63) is 52.0 Å². The molecule has 0 saturated carbocycles. The summed E-state index contributed by atoms with van der Waals surface area (Å²) in [4.78, 5) is 43.4. The lowest BCUT2D eigenvalue weighted by atomic mass is 10.1. The average Bonchev–Trinajstić information content (AvgIpc) is 3.25. The van der Waals surface area contributed by atoms with Crippen LogP contribution in [0.3, 0.4) is 0 Å². The van der Waals surface area contributed by atoms with Gasteiger partial charge in [-0.05, 0) is 24.1 Å². The zero-order chi connectivity index (χ0) is 18.6. The van der Waals surface area contributed by atoms with Gasteiger partial charge >= 0.3 is 5.97 Å². The van der Waals surface area contributed by atoms with E-state index in [0.29, 0.717) is 9.94 Å². The van der Waals surface area contributed by atoms with E-state index in [9.17, 15) is 14.4 Å². The molecule has 0 atom stereocenters. The maximum atomic E-state index is 12.5. The molecule has 1 aliphatic heterocycles. The summed E-state index contributed by atoms with van der Waals surface area (Å²) in [6.45, 7) is 4.05. The van der Waals surface area contributed by atoms with Crippen LogP contribution in [-0.4, -0.2) is 32.6 Å². The van der Waals surface area contributed by atoms with E-state index in [0.717, 1.165) is 15.9 Å². The van der Waals surface area contributed by atoms with Crippen molar-refractivity contribution >= 4 is 39.3 Å². The summed E-state index contributed by atoms with van der Waals surface area (Å²) >= 11 is 1.22. The topological polar surface area (TPSA) is 81.5 Å². The van der Waals surface area contributed by atoms with Gasteiger partial charge in [0.1, 0.15) is 9.71 Å². The molecule has 3 aromatic rings. The zero-order valence-corrected chi connectivity index (χ0v) is 15.2. The number of amides is 2. The van der Waals surface area contributed by atoms with Gasteiger partial charge in [-0.2, -0.15) is 5.10 Å². The smallest absolute Gasteiger partial charge is 0.323 e. The Labute approximate surface area is 152 Å². The van der Waals surface area contributed by atoms with Gasteiger partial charge < -0.3 is 4.84 Å². The van der Waals surface area contributed by atoms with Crippen LogP contribution in [0.15, 0.2) is 30.3 Å². The number of carbonyl (C=O) groups is 3. The quantitative estimate of drug-likeness (QED) is 0.663. The number of fused-ring (bicyclic) bond motifs is 2. The van der Waals surface area contributed by atoms with Crippen molar-refractivity contribution in [2.45, 2.75) is 19.8 Å². The Kier molecular flexibility index (Phi) is 3.66. The number of thiophene rings is 1. The maximum Gasteiger partial charge on any atom is 0.373 e. The number of hydrogen-bond donors (Lipinski definition) is 0. The van der Waals surface area contributed by atoms with Crippen LogP contribution in [0, 0.1) is 0 Å². The highest BCUT2D eigenvalue weighted by Crippen LogP contribution is 2.32. The summed E-state index contributed by atoms with van der Waals surface area (Å²) < 4.78 is 1.72. The highest BCUT2D eigenvalue weighted by molar-refractivity contribution is 7.20. The van der Waals surface area contributed by atoms with Crippen LogP contribution in [0.5, 0.6) is 0 Å². The number of benzene rings is 1. The number of aromatic nitrogens is 2. The van der Waals surface area contributed by atoms with Gasteiger partial charge in [0.25, 0.3) is 11.8 Å². The standard InChI is InChI=1S/C18H15N3O4S/c1-9(2)14-12-8-13(26-17(12)20(3)19-14)18(24)25-21-15(22)10-6-4-5-7-11(10)16(21)23/h4-9H,1-3H3. The van der Waals surface area contributed by atoms with Gasteiger partial charge in [-0.25, -0.2) is 4.79 Å². The normalized spacial score (nSPS) is 13.8. The number of aryl methyl sites for hydroxylation is 1. The van der Waals surface area contributed by atoms with E-state index in [4.69, 9.17) is 4.84 Å². The van der Waals surface area contributed by atoms with Gasteiger partial charge in [0.2, 0.25) is 0 Å². The molecule has 0 fully saturated rings. The molecule has 4 rings (SSSR count). The van der Waals surface area contributed by atoms with Gasteiger partial charge in [-0.3, -0.25) is 14.3 Å². The SMILES string of the molecule is CC(C)c1nn(C)c2sc(C(=O)ON3C(=O)c4ccccc4C3=O)cc12. The molecule has 0 N–H and O–H groups in total. The van der Waals surface area contributed by atoms with E-state index >= 15 is 0 Å². The molecule has 132 valence electrons. The summed E-state index contributed by atoms with van der Waals surface area (Å²) in [6, 6.07) is 8.07. The molecule has 7 nitrogen and oxygen atoms in total. The second-order valence-corrected chi connectivity index (χ2v) is 7.35. The summed E-state index contributed by atoms with van der Waals surface area (Å²) in [7, 11) is 1.81. The van der Waals surface area contributed by atoms with Crippen molar-refractivity contribution < 1.29 is 19.2 Å². The first-order valence-corrected chi connectivity index (χ1v) is 8.86. The molecule has 0 saturated heterocycles. The van der Waals surface area contributed by atoms with Gasteiger partial charge in [0, 0.05) is 12.4 Å². The lowest BCUT2D eigenvalue weighted by molar-refractivity contribution is -0.0581. The monoisotopic (exact) mass is 369 g/mol. The lowest BCUT2D eigenvalue weighted by Gasteiger charge is -2.11. The van der Waals surface area contributed by atoms with Gasteiger partial charge in [0.05, 0.1) is 16.8 Å². The van der Waals surface area contributed by atoms with Gasteiger partial charge in [-0.15, -0.1) is 11.3 Å². The molecule has 1 aromatic carbocycles. The Morgan fingerprint density at radius 1 is 1.15 bits per heavy atom. The third-order valence-corrected chi connectivity index (χ3v) is 5.40. The molecular weight excluding hydrogens is 354 g/mol. The van der Waals surface area contributed by atoms with Gasteiger partial charge in [-0.1, -0.05) is 31.0 Å². The number of hydrogen-bond acceptors (Lipinski definition) is 6. The molecule has 0 aliphatic carbocycles. The van der Waals surface area contributed by atoms with Crippen LogP contribution in [-0.2, 0) is 11.9 Å². The molecule has 0 spiro atoms. The minimum atomic E-state index is -0.740. The fourth-order valence-corrected chi connectivity index (χ4v) is 3.92. The largest absolute Gasteiger partial charge is 0.373 e. The predicted molar refractivity (Wildman–Crippen MR) is 95.0 cm³/mol. The first-order valence-electron chi connectivity index (χ1n) is 8.05. The fourth-order valence-electron chi connectivity index (χ4n) is 2.97. The first-order chi connectivity index (χ1) is 12.4. The Bertz CT molecular complexity index is 1040. The molecular formula is C18H15N3O4S. The second kappa shape index (κ2) is 5.77. The average molecular weight is 369 g/mol. The first kappa shape index (κ1) is 16.5. The Hall–Kier alpha value is -3.00. The highest BCUT2D eigenvalue weighted by Gasteiger charge is 2.39. The number of rotatable bonds is 3. The molecule has 0 unspecified atom stereocenters. The number of imide groups is 1. The Morgan fingerprint density at radius 2 is 1.77 bits per heavy atom. The molecule has 1 aliphatic rings. The third kappa shape index (κ3) is 2.33. The lowest BCUT2D eigenvalue weighted by Crippen LogP contribution is -2.32. The molecule has 2 aromatic heterocycles. The maximum absolute atomic E-state index is 12.5. The summed E-state index contributed by atoms with van der Waals surface area (Å²) in [5.41, 5.74) is 1.35. The molecule has 2 amide bonds. The van der Waals surface area contributed by atoms with Crippen LogP contribution >= 0.6 is 11.3 Å². The molecule has 0 bridgehead atoms. The van der Waals surface area contributed by atoms with Crippen LogP contribution in [0.25, 0.3) is 10.2 Å². The minimum Gasteiger partial charge on any atom is -0.323 e. The van der Waals surface area contributed by atoms with Crippen LogP contribution in [0.2, 0.25) is 0 Å². The van der Waals surface area contributed by atoms with Crippen molar-refractivity contribution in [1.29, 1.82) is 0 Å². The molecule has 0 radical (unpaired) electrons. The van der Waals surface area contributed by atoms with E-state index < -0.39 is 17.8 Å². The summed E-state index contributed by atoms with van der Waals surface area (Å²) in [5, 5.41) is 5.86. The van der Waals surface area contributed by atoms with E-state index in [1.54, 1.807) is 22.9 Å². The van der Waals surface area contributed by atoms with E-state index in [1.807, 2.05) is 20.9 Å². The van der Waals surface area contributed by atoms with Crippen molar-refractivity contribution in [2.75, 3.05) is 0 Å². The van der Waals surface area contributed by atoms with Crippen LogP contribution < -0.4 is 0 Å². The minimum absolute atomic E-state index is 0.202. The number of carbonyl (C=O) groups excluding carboxylic acids is 3. The van der Waals surface area contributed by atoms with Crippen molar-refractivity contribution in [2.24, 2.45) is 7.05 Å². The van der Waals surface area contributed by atoms with E-state index in [1.165, 1.54) is 23.5 Å². The zero-order valence-electron chi connectivity index (χ0n) is 14.3. The molecule has 3 heterocycles. The summed E-state index contributed by atoms with van der Waals surface area (Å²) in [5.74, 6) is -1.81. The second-order valence-electron chi connectivity index (χ2n) is 6.32. The third-order valence-electron chi connectivity index (χ3n) is 4.22. The summed E-state index contributed by atoms with van der Waals surface area (Å²) in [6.07, 6.45) is 0. The van der Waals surface area contributed by atoms with Crippen molar-refractivity contribution in [1.82, 2.24) is 14.8 Å². The van der Waals surface area contributed by atoms with Crippen molar-refractivity contribution in [3.63, 3.8) is 0 Å². The highest BCUT2D eigenvalue weighted by atomic mass is 32.1. The van der Waals surface area contributed by atoms with Crippen LogP contribution in [0.4, 0.5) is 0 Å². The van der Waals surface area contributed by atoms with Crippen LogP contribution in [0.1, 0.15) is 55.8 Å². The van der Waals surface area contributed by atoms with Gasteiger partial charge in [0.15, 0.2) is 0 Å². The number of nitrogens with zero attached hydrogens (tertiary/aromatic N) is 3.